The Bertz CT molecular complexity index is 1350. The van der Waals surface area contributed by atoms with Crippen LogP contribution in [0.15, 0.2) is 65.1 Å². The van der Waals surface area contributed by atoms with E-state index in [0.717, 1.165) is 11.1 Å². The summed E-state index contributed by atoms with van der Waals surface area (Å²) in [5, 5.41) is 18.7. The van der Waals surface area contributed by atoms with Gasteiger partial charge in [-0.15, -0.1) is 0 Å². The third kappa shape index (κ3) is 3.83. The lowest BCUT2D eigenvalue weighted by molar-refractivity contribution is -0.532. The molecule has 0 aliphatic carbocycles. The first-order chi connectivity index (χ1) is 17.3. The standard InChI is InChI=1S/C27H26BrN3O5/c1-15-8-10-17(11-9-15)14-36-24-20(28)12-18(13-22(24)35-3)23-16(2)30-27(25(23)31(33)34)19-6-4-5-7-21(19)29-26(27)32/h4-13,16,23,25,30H,14H2,1-3H3,(H,29,32)/t16-,23-,25+,27+/m0/s1. The number of carbonyl (C=O) groups is 1. The van der Waals surface area contributed by atoms with Crippen LogP contribution in [-0.4, -0.2) is 30.0 Å². The second kappa shape index (κ2) is 9.22. The summed E-state index contributed by atoms with van der Waals surface area (Å²) in [5.74, 6) is -0.0492. The SMILES string of the molecule is COc1cc([C@@H]2[C@H](C)N[C@@]3(C(=O)Nc4ccccc43)[C@@H]2[N+](=O)[O-])cc(Br)c1OCc1ccc(C)cc1. The smallest absolute Gasteiger partial charge is 0.256 e. The number of hydrogen-bond acceptors (Lipinski definition) is 6. The molecule has 2 aliphatic heterocycles. The predicted molar refractivity (Wildman–Crippen MR) is 139 cm³/mol. The molecule has 4 atom stereocenters. The van der Waals surface area contributed by atoms with Crippen LogP contribution in [0.2, 0.25) is 0 Å². The van der Waals surface area contributed by atoms with Gasteiger partial charge in [0.15, 0.2) is 17.0 Å². The maximum absolute atomic E-state index is 13.2. The third-order valence-electron chi connectivity index (χ3n) is 7.10. The highest BCUT2D eigenvalue weighted by Crippen LogP contribution is 2.51. The Morgan fingerprint density at radius 2 is 1.86 bits per heavy atom. The number of aryl methyl sites for hydroxylation is 1. The molecule has 2 N–H and O–H groups in total. The van der Waals surface area contributed by atoms with Gasteiger partial charge < -0.3 is 14.8 Å². The van der Waals surface area contributed by atoms with E-state index in [9.17, 15) is 14.9 Å². The molecule has 1 fully saturated rings. The van der Waals surface area contributed by atoms with Crippen molar-refractivity contribution in [2.45, 2.75) is 44.0 Å². The fourth-order valence-electron chi connectivity index (χ4n) is 5.47. The second-order valence-electron chi connectivity index (χ2n) is 9.31. The molecule has 1 saturated heterocycles. The first-order valence-corrected chi connectivity index (χ1v) is 12.4. The molecule has 0 aromatic heterocycles. The number of nitrogens with zero attached hydrogens (tertiary/aromatic N) is 1. The van der Waals surface area contributed by atoms with Crippen molar-refractivity contribution in [1.82, 2.24) is 5.32 Å². The van der Waals surface area contributed by atoms with Gasteiger partial charge in [0.25, 0.3) is 11.9 Å². The molecule has 3 aromatic carbocycles. The molecule has 8 nitrogen and oxygen atoms in total. The number of carbonyl (C=O) groups excluding carboxylic acids is 1. The largest absolute Gasteiger partial charge is 0.493 e. The highest BCUT2D eigenvalue weighted by atomic mass is 79.9. The summed E-state index contributed by atoms with van der Waals surface area (Å²) in [6.07, 6.45) is 0. The fourth-order valence-corrected chi connectivity index (χ4v) is 6.04. The number of fused-ring (bicyclic) bond motifs is 2. The minimum absolute atomic E-state index is 0.341. The van der Waals surface area contributed by atoms with Gasteiger partial charge >= 0.3 is 0 Å². The van der Waals surface area contributed by atoms with Crippen molar-refractivity contribution in [3.8, 4) is 11.5 Å². The van der Waals surface area contributed by atoms with Crippen molar-refractivity contribution in [2.24, 2.45) is 0 Å². The number of methoxy groups -OCH3 is 1. The molecule has 0 saturated carbocycles. The van der Waals surface area contributed by atoms with E-state index in [1.54, 1.807) is 30.3 Å². The number of nitro groups is 1. The highest BCUT2D eigenvalue weighted by Gasteiger charge is 2.67. The van der Waals surface area contributed by atoms with E-state index in [4.69, 9.17) is 9.47 Å². The van der Waals surface area contributed by atoms with E-state index in [0.29, 0.717) is 39.4 Å². The molecule has 2 aliphatic rings. The van der Waals surface area contributed by atoms with Crippen LogP contribution in [0.25, 0.3) is 0 Å². The molecule has 3 aromatic rings. The van der Waals surface area contributed by atoms with Crippen LogP contribution < -0.4 is 20.1 Å². The Kier molecular flexibility index (Phi) is 6.22. The zero-order valence-corrected chi connectivity index (χ0v) is 21.7. The van der Waals surface area contributed by atoms with Crippen LogP contribution in [0.5, 0.6) is 11.5 Å². The molecule has 0 radical (unpaired) electrons. The summed E-state index contributed by atoms with van der Waals surface area (Å²) in [6.45, 7) is 4.23. The van der Waals surface area contributed by atoms with Gasteiger partial charge in [-0.3, -0.25) is 20.2 Å². The Labute approximate surface area is 217 Å². The van der Waals surface area contributed by atoms with E-state index in [2.05, 4.69) is 26.6 Å². The van der Waals surface area contributed by atoms with Crippen LogP contribution in [0.3, 0.4) is 0 Å². The van der Waals surface area contributed by atoms with Gasteiger partial charge in [0, 0.05) is 22.2 Å². The van der Waals surface area contributed by atoms with Crippen molar-refractivity contribution in [3.05, 3.63) is 97.5 Å². The number of nitrogens with one attached hydrogen (secondary N) is 2. The molecule has 36 heavy (non-hydrogen) atoms. The summed E-state index contributed by atoms with van der Waals surface area (Å²) >= 11 is 3.59. The van der Waals surface area contributed by atoms with Crippen LogP contribution >= 0.6 is 15.9 Å². The summed E-state index contributed by atoms with van der Waals surface area (Å²) in [4.78, 5) is 25.5. The number of amides is 1. The van der Waals surface area contributed by atoms with Crippen LogP contribution in [0, 0.1) is 17.0 Å². The number of hydrogen-bond donors (Lipinski definition) is 2. The number of para-hydroxylation sites is 1. The summed E-state index contributed by atoms with van der Waals surface area (Å²) in [5.41, 5.74) is 2.57. The van der Waals surface area contributed by atoms with Crippen molar-refractivity contribution in [2.75, 3.05) is 12.4 Å². The number of rotatable bonds is 6. The Morgan fingerprint density at radius 3 is 2.56 bits per heavy atom. The third-order valence-corrected chi connectivity index (χ3v) is 7.69. The normalized spacial score (nSPS) is 24.4. The minimum atomic E-state index is -1.47. The maximum atomic E-state index is 13.2. The summed E-state index contributed by atoms with van der Waals surface area (Å²) in [7, 11) is 1.54. The molecule has 1 amide bonds. The lowest BCUT2D eigenvalue weighted by atomic mass is 9.78. The fraction of sp³-hybridized carbons (Fsp3) is 0.296. The monoisotopic (exact) mass is 551 g/mol. The molecule has 1 spiro atoms. The summed E-state index contributed by atoms with van der Waals surface area (Å²) in [6, 6.07) is 17.2. The van der Waals surface area contributed by atoms with E-state index in [1.165, 1.54) is 7.11 Å². The molecule has 5 rings (SSSR count). The van der Waals surface area contributed by atoms with Gasteiger partial charge in [-0.2, -0.15) is 0 Å². The Balaban J connectivity index is 1.53. The maximum Gasteiger partial charge on any atom is 0.256 e. The van der Waals surface area contributed by atoms with E-state index in [-0.39, 0.29) is 11.0 Å². The topological polar surface area (TPSA) is 103 Å². The lowest BCUT2D eigenvalue weighted by Gasteiger charge is -2.25. The van der Waals surface area contributed by atoms with E-state index < -0.39 is 23.4 Å². The van der Waals surface area contributed by atoms with E-state index >= 15 is 0 Å². The van der Waals surface area contributed by atoms with Crippen molar-refractivity contribution in [1.29, 1.82) is 0 Å². The minimum Gasteiger partial charge on any atom is -0.493 e. The average Bonchev–Trinajstić information content (AvgIpc) is 3.32. The number of benzene rings is 3. The molecule has 0 unspecified atom stereocenters. The van der Waals surface area contributed by atoms with Gasteiger partial charge in [0.05, 0.1) is 17.5 Å². The van der Waals surface area contributed by atoms with Crippen LogP contribution in [0.1, 0.15) is 35.1 Å². The van der Waals surface area contributed by atoms with Crippen molar-refractivity contribution < 1.29 is 19.2 Å². The molecular weight excluding hydrogens is 526 g/mol. The number of halogens is 1. The lowest BCUT2D eigenvalue weighted by Crippen LogP contribution is -2.54. The van der Waals surface area contributed by atoms with Crippen molar-refractivity contribution in [3.63, 3.8) is 0 Å². The van der Waals surface area contributed by atoms with Gasteiger partial charge in [0.2, 0.25) is 0 Å². The van der Waals surface area contributed by atoms with Crippen LogP contribution in [0.4, 0.5) is 5.69 Å². The van der Waals surface area contributed by atoms with Crippen LogP contribution in [-0.2, 0) is 16.9 Å². The highest BCUT2D eigenvalue weighted by molar-refractivity contribution is 9.10. The molecular formula is C27H26BrN3O5. The van der Waals surface area contributed by atoms with Gasteiger partial charge in [-0.1, -0.05) is 48.0 Å². The number of anilines is 1. The zero-order valence-electron chi connectivity index (χ0n) is 20.1. The van der Waals surface area contributed by atoms with Gasteiger partial charge in [-0.25, -0.2) is 0 Å². The molecule has 0 bridgehead atoms. The first kappa shape index (κ1) is 24.3. The molecule has 9 heteroatoms. The summed E-state index contributed by atoms with van der Waals surface area (Å²) < 4.78 is 12.3. The predicted octanol–water partition coefficient (Wildman–Crippen LogP) is 4.91. The molecule has 2 heterocycles. The van der Waals surface area contributed by atoms with Gasteiger partial charge in [0.1, 0.15) is 6.61 Å². The zero-order chi connectivity index (χ0) is 25.6. The van der Waals surface area contributed by atoms with E-state index in [1.807, 2.05) is 44.2 Å². The Hall–Kier alpha value is -3.43. The molecule has 186 valence electrons. The average molecular weight is 552 g/mol. The van der Waals surface area contributed by atoms with Gasteiger partial charge in [-0.05, 0) is 59.1 Å². The van der Waals surface area contributed by atoms with Crippen molar-refractivity contribution >= 4 is 27.5 Å². The Morgan fingerprint density at radius 1 is 1.14 bits per heavy atom. The second-order valence-corrected chi connectivity index (χ2v) is 10.2. The first-order valence-electron chi connectivity index (χ1n) is 11.6. The number of ether oxygens (including phenoxy) is 2. The quantitative estimate of drug-likeness (QED) is 0.333.